The van der Waals surface area contributed by atoms with E-state index in [9.17, 15) is 9.59 Å². The average molecular weight is 322 g/mol. The van der Waals surface area contributed by atoms with Crippen molar-refractivity contribution in [2.24, 2.45) is 0 Å². The zero-order valence-corrected chi connectivity index (χ0v) is 13.0. The molecule has 116 valence electrons. The minimum Gasteiger partial charge on any atom is -0.452 e. The van der Waals surface area contributed by atoms with E-state index in [0.717, 1.165) is 0 Å². The van der Waals surface area contributed by atoms with Gasteiger partial charge in [0.05, 0.1) is 5.69 Å². The molecular weight excluding hydrogens is 306 g/mol. The highest BCUT2D eigenvalue weighted by Crippen LogP contribution is 2.18. The molecule has 2 rings (SSSR count). The SMILES string of the molecule is CC(C)NC(=O)COC(=O)/C=C/c1c(Cl)nc2ccccn12. The van der Waals surface area contributed by atoms with E-state index in [0.29, 0.717) is 11.3 Å². The fourth-order valence-corrected chi connectivity index (χ4v) is 2.07. The molecule has 2 aromatic heterocycles. The fraction of sp³-hybridized carbons (Fsp3) is 0.267. The number of carbonyl (C=O) groups is 2. The van der Waals surface area contributed by atoms with Crippen molar-refractivity contribution in [1.29, 1.82) is 0 Å². The van der Waals surface area contributed by atoms with Gasteiger partial charge in [0, 0.05) is 18.3 Å². The number of nitrogens with zero attached hydrogens (tertiary/aromatic N) is 2. The van der Waals surface area contributed by atoms with E-state index in [1.807, 2.05) is 26.0 Å². The number of ether oxygens (including phenoxy) is 1. The number of halogens is 1. The van der Waals surface area contributed by atoms with Crippen LogP contribution in [0.15, 0.2) is 30.5 Å². The molecule has 0 fully saturated rings. The number of fused-ring (bicyclic) bond motifs is 1. The van der Waals surface area contributed by atoms with Crippen molar-refractivity contribution in [3.8, 4) is 0 Å². The highest BCUT2D eigenvalue weighted by Gasteiger charge is 2.09. The van der Waals surface area contributed by atoms with Gasteiger partial charge < -0.3 is 10.1 Å². The van der Waals surface area contributed by atoms with Crippen molar-refractivity contribution < 1.29 is 14.3 Å². The topological polar surface area (TPSA) is 72.7 Å². The second-order valence-electron chi connectivity index (χ2n) is 4.88. The third-order valence-electron chi connectivity index (χ3n) is 2.69. The van der Waals surface area contributed by atoms with Crippen LogP contribution < -0.4 is 5.32 Å². The molecule has 0 unspecified atom stereocenters. The summed E-state index contributed by atoms with van der Waals surface area (Å²) in [4.78, 5) is 27.1. The summed E-state index contributed by atoms with van der Waals surface area (Å²) in [6, 6.07) is 5.47. The Hall–Kier alpha value is -2.34. The lowest BCUT2D eigenvalue weighted by Gasteiger charge is -2.07. The Morgan fingerprint density at radius 3 is 2.95 bits per heavy atom. The normalized spacial score (nSPS) is 11.3. The van der Waals surface area contributed by atoms with Crippen LogP contribution in [0.3, 0.4) is 0 Å². The lowest BCUT2D eigenvalue weighted by atomic mass is 10.4. The van der Waals surface area contributed by atoms with Gasteiger partial charge in [0.2, 0.25) is 0 Å². The lowest BCUT2D eigenvalue weighted by Crippen LogP contribution is -2.33. The molecule has 0 saturated heterocycles. The van der Waals surface area contributed by atoms with E-state index in [1.54, 1.807) is 16.7 Å². The molecule has 0 aliphatic heterocycles. The smallest absolute Gasteiger partial charge is 0.331 e. The van der Waals surface area contributed by atoms with E-state index in [1.165, 1.54) is 12.2 Å². The molecule has 7 heteroatoms. The number of imidazole rings is 1. The molecule has 0 aliphatic rings. The summed E-state index contributed by atoms with van der Waals surface area (Å²) >= 11 is 6.04. The first-order valence-corrected chi connectivity index (χ1v) is 7.12. The second-order valence-corrected chi connectivity index (χ2v) is 5.24. The molecule has 22 heavy (non-hydrogen) atoms. The number of aromatic nitrogens is 2. The second kappa shape index (κ2) is 7.09. The lowest BCUT2D eigenvalue weighted by molar-refractivity contribution is -0.143. The monoisotopic (exact) mass is 321 g/mol. The van der Waals surface area contributed by atoms with Gasteiger partial charge in [0.15, 0.2) is 11.8 Å². The maximum atomic E-state index is 11.6. The molecule has 6 nitrogen and oxygen atoms in total. The van der Waals surface area contributed by atoms with Crippen LogP contribution in [0, 0.1) is 0 Å². The molecule has 1 amide bonds. The molecule has 0 radical (unpaired) electrons. The van der Waals surface area contributed by atoms with E-state index in [4.69, 9.17) is 16.3 Å². The fourth-order valence-electron chi connectivity index (χ4n) is 1.83. The summed E-state index contributed by atoms with van der Waals surface area (Å²) in [7, 11) is 0. The van der Waals surface area contributed by atoms with Crippen molar-refractivity contribution in [3.05, 3.63) is 41.3 Å². The molecule has 0 aromatic carbocycles. The Morgan fingerprint density at radius 2 is 2.23 bits per heavy atom. The Kier molecular flexibility index (Phi) is 5.16. The summed E-state index contributed by atoms with van der Waals surface area (Å²) in [5, 5.41) is 2.91. The number of esters is 1. The molecule has 0 spiro atoms. The predicted octanol–water partition coefficient (Wildman–Crippen LogP) is 2.07. The molecule has 0 atom stereocenters. The van der Waals surface area contributed by atoms with Gasteiger partial charge >= 0.3 is 5.97 Å². The van der Waals surface area contributed by atoms with Crippen LogP contribution in [0.1, 0.15) is 19.5 Å². The van der Waals surface area contributed by atoms with Crippen molar-refractivity contribution in [3.63, 3.8) is 0 Å². The number of hydrogen-bond donors (Lipinski definition) is 1. The largest absolute Gasteiger partial charge is 0.452 e. The Bertz CT molecular complexity index is 722. The van der Waals surface area contributed by atoms with Gasteiger partial charge in [-0.05, 0) is 32.1 Å². The number of hydrogen-bond acceptors (Lipinski definition) is 4. The molecule has 0 bridgehead atoms. The molecular formula is C15H16ClN3O3. The molecule has 0 aliphatic carbocycles. The quantitative estimate of drug-likeness (QED) is 0.676. The first-order chi connectivity index (χ1) is 10.5. The van der Waals surface area contributed by atoms with Crippen molar-refractivity contribution in [2.45, 2.75) is 19.9 Å². The first-order valence-electron chi connectivity index (χ1n) is 6.74. The summed E-state index contributed by atoms with van der Waals surface area (Å²) < 4.78 is 6.59. The van der Waals surface area contributed by atoms with E-state index >= 15 is 0 Å². The van der Waals surface area contributed by atoms with Gasteiger partial charge in [0.25, 0.3) is 5.91 Å². The van der Waals surface area contributed by atoms with Crippen LogP contribution >= 0.6 is 11.6 Å². The summed E-state index contributed by atoms with van der Waals surface area (Å²) in [6.45, 7) is 3.33. The molecule has 1 N–H and O–H groups in total. The Balaban J connectivity index is 2.00. The molecule has 0 saturated carbocycles. The highest BCUT2D eigenvalue weighted by atomic mass is 35.5. The standard InChI is InChI=1S/C15H16ClN3O3/c1-10(2)17-13(20)9-22-14(21)7-6-11-15(16)18-12-5-3-4-8-19(11)12/h3-8,10H,9H2,1-2H3,(H,17,20)/b7-6+. The molecule has 2 aromatic rings. The minimum atomic E-state index is -0.624. The van der Waals surface area contributed by atoms with Crippen LogP contribution in [0.25, 0.3) is 11.7 Å². The minimum absolute atomic E-state index is 0.00120. The molecule has 2 heterocycles. The van der Waals surface area contributed by atoms with Gasteiger partial charge in [-0.1, -0.05) is 17.7 Å². The Labute approximate surface area is 132 Å². The predicted molar refractivity (Wildman–Crippen MR) is 83.5 cm³/mol. The maximum absolute atomic E-state index is 11.6. The van der Waals surface area contributed by atoms with E-state index in [-0.39, 0.29) is 23.7 Å². The number of amides is 1. The van der Waals surface area contributed by atoms with Crippen molar-refractivity contribution >= 4 is 35.2 Å². The number of rotatable bonds is 5. The van der Waals surface area contributed by atoms with Gasteiger partial charge in [-0.15, -0.1) is 0 Å². The van der Waals surface area contributed by atoms with Crippen LogP contribution in [-0.4, -0.2) is 33.9 Å². The highest BCUT2D eigenvalue weighted by molar-refractivity contribution is 6.31. The summed E-state index contributed by atoms with van der Waals surface area (Å²) in [5.41, 5.74) is 1.25. The van der Waals surface area contributed by atoms with Crippen molar-refractivity contribution in [2.75, 3.05) is 6.61 Å². The number of nitrogens with one attached hydrogen (secondary N) is 1. The van der Waals surface area contributed by atoms with E-state index < -0.39 is 5.97 Å². The zero-order valence-electron chi connectivity index (χ0n) is 12.2. The third-order valence-corrected chi connectivity index (χ3v) is 2.97. The van der Waals surface area contributed by atoms with Gasteiger partial charge in [-0.2, -0.15) is 0 Å². The maximum Gasteiger partial charge on any atom is 0.331 e. The van der Waals surface area contributed by atoms with Crippen molar-refractivity contribution in [1.82, 2.24) is 14.7 Å². The Morgan fingerprint density at radius 1 is 1.45 bits per heavy atom. The summed E-state index contributed by atoms with van der Waals surface area (Å²) in [6.07, 6.45) is 4.51. The van der Waals surface area contributed by atoms with Crippen LogP contribution in [0.5, 0.6) is 0 Å². The van der Waals surface area contributed by atoms with Gasteiger partial charge in [0.1, 0.15) is 5.65 Å². The first kappa shape index (κ1) is 16.0. The third kappa shape index (κ3) is 4.08. The average Bonchev–Trinajstić information content (AvgIpc) is 2.77. The van der Waals surface area contributed by atoms with Gasteiger partial charge in [-0.25, -0.2) is 9.78 Å². The number of carbonyl (C=O) groups excluding carboxylic acids is 2. The van der Waals surface area contributed by atoms with Gasteiger partial charge in [-0.3, -0.25) is 9.20 Å². The number of pyridine rings is 1. The van der Waals surface area contributed by atoms with Crippen LogP contribution in [-0.2, 0) is 14.3 Å². The van der Waals surface area contributed by atoms with Crippen LogP contribution in [0.2, 0.25) is 5.15 Å². The zero-order chi connectivity index (χ0) is 16.1. The van der Waals surface area contributed by atoms with Crippen LogP contribution in [0.4, 0.5) is 0 Å². The van der Waals surface area contributed by atoms with E-state index in [2.05, 4.69) is 10.3 Å². The summed E-state index contributed by atoms with van der Waals surface area (Å²) in [5.74, 6) is -0.967.